The maximum atomic E-state index is 11.2. The number of carboxylic acids is 1. The summed E-state index contributed by atoms with van der Waals surface area (Å²) in [6.45, 7) is 6.21. The van der Waals surface area contributed by atoms with Gasteiger partial charge in [-0.15, -0.1) is 0 Å². The predicted octanol–water partition coefficient (Wildman–Crippen LogP) is 3.39. The SMILES string of the molecule is CCCc1cc(C(=O)O)nn1-c1c(C)cccc1CC. The molecule has 4 heteroatoms. The largest absolute Gasteiger partial charge is 0.476 e. The van der Waals surface area contributed by atoms with Crippen molar-refractivity contribution in [2.75, 3.05) is 0 Å². The maximum Gasteiger partial charge on any atom is 0.356 e. The Balaban J connectivity index is 2.65. The molecule has 1 heterocycles. The minimum Gasteiger partial charge on any atom is -0.476 e. The summed E-state index contributed by atoms with van der Waals surface area (Å²) >= 11 is 0. The first-order valence-electron chi connectivity index (χ1n) is 6.99. The second-order valence-electron chi connectivity index (χ2n) is 4.92. The fourth-order valence-electron chi connectivity index (χ4n) is 2.46. The van der Waals surface area contributed by atoms with E-state index in [1.807, 2.05) is 19.1 Å². The Kier molecular flexibility index (Phi) is 4.23. The van der Waals surface area contributed by atoms with E-state index in [9.17, 15) is 4.79 Å². The van der Waals surface area contributed by atoms with Crippen molar-refractivity contribution < 1.29 is 9.90 Å². The standard InChI is InChI=1S/C16H20N2O2/c1-4-7-13-10-14(16(19)20)17-18(13)15-11(3)8-6-9-12(15)5-2/h6,8-10H,4-5,7H2,1-3H3,(H,19,20). The van der Waals surface area contributed by atoms with Gasteiger partial charge in [0.25, 0.3) is 0 Å². The number of aryl methyl sites for hydroxylation is 3. The molecule has 2 aromatic rings. The maximum absolute atomic E-state index is 11.2. The summed E-state index contributed by atoms with van der Waals surface area (Å²) in [6.07, 6.45) is 2.67. The van der Waals surface area contributed by atoms with Crippen LogP contribution in [0.25, 0.3) is 5.69 Å². The van der Waals surface area contributed by atoms with Crippen molar-refractivity contribution >= 4 is 5.97 Å². The van der Waals surface area contributed by atoms with Crippen LogP contribution < -0.4 is 0 Å². The monoisotopic (exact) mass is 272 g/mol. The Morgan fingerprint density at radius 3 is 2.70 bits per heavy atom. The lowest BCUT2D eigenvalue weighted by atomic mass is 10.1. The fraction of sp³-hybridized carbons (Fsp3) is 0.375. The molecule has 1 N–H and O–H groups in total. The highest BCUT2D eigenvalue weighted by atomic mass is 16.4. The summed E-state index contributed by atoms with van der Waals surface area (Å²) in [5, 5.41) is 13.4. The van der Waals surface area contributed by atoms with Crippen molar-refractivity contribution in [3.05, 3.63) is 46.8 Å². The van der Waals surface area contributed by atoms with E-state index in [2.05, 4.69) is 25.0 Å². The molecule has 0 spiro atoms. The topological polar surface area (TPSA) is 55.1 Å². The van der Waals surface area contributed by atoms with Gasteiger partial charge in [-0.05, 0) is 37.0 Å². The van der Waals surface area contributed by atoms with E-state index < -0.39 is 5.97 Å². The van der Waals surface area contributed by atoms with Crippen molar-refractivity contribution in [2.24, 2.45) is 0 Å². The van der Waals surface area contributed by atoms with Crippen LogP contribution in [0.15, 0.2) is 24.3 Å². The fourth-order valence-corrected chi connectivity index (χ4v) is 2.46. The predicted molar refractivity (Wildman–Crippen MR) is 78.6 cm³/mol. The van der Waals surface area contributed by atoms with E-state index in [4.69, 9.17) is 5.11 Å². The minimum atomic E-state index is -0.979. The third-order valence-electron chi connectivity index (χ3n) is 3.42. The molecule has 0 unspecified atom stereocenters. The van der Waals surface area contributed by atoms with Gasteiger partial charge in [-0.1, -0.05) is 38.5 Å². The summed E-state index contributed by atoms with van der Waals surface area (Å²) < 4.78 is 1.81. The van der Waals surface area contributed by atoms with Crippen LogP contribution >= 0.6 is 0 Å². The number of carbonyl (C=O) groups is 1. The molecule has 0 radical (unpaired) electrons. The number of nitrogens with zero attached hydrogens (tertiary/aromatic N) is 2. The lowest BCUT2D eigenvalue weighted by Crippen LogP contribution is -2.08. The van der Waals surface area contributed by atoms with Crippen LogP contribution in [0.5, 0.6) is 0 Å². The summed E-state index contributed by atoms with van der Waals surface area (Å²) in [6, 6.07) is 7.81. The lowest BCUT2D eigenvalue weighted by Gasteiger charge is -2.14. The molecular weight excluding hydrogens is 252 g/mol. The molecule has 1 aromatic carbocycles. The molecule has 0 fully saturated rings. The van der Waals surface area contributed by atoms with Crippen LogP contribution in [-0.2, 0) is 12.8 Å². The van der Waals surface area contributed by atoms with Crippen molar-refractivity contribution in [3.63, 3.8) is 0 Å². The van der Waals surface area contributed by atoms with Gasteiger partial charge < -0.3 is 5.11 Å². The Bertz CT molecular complexity index is 629. The van der Waals surface area contributed by atoms with E-state index in [1.54, 1.807) is 10.7 Å². The van der Waals surface area contributed by atoms with Crippen LogP contribution in [-0.4, -0.2) is 20.9 Å². The van der Waals surface area contributed by atoms with Crippen molar-refractivity contribution in [1.29, 1.82) is 0 Å². The zero-order valence-corrected chi connectivity index (χ0v) is 12.2. The van der Waals surface area contributed by atoms with Gasteiger partial charge in [0.2, 0.25) is 0 Å². The van der Waals surface area contributed by atoms with Gasteiger partial charge in [0, 0.05) is 5.69 Å². The van der Waals surface area contributed by atoms with Gasteiger partial charge in [-0.25, -0.2) is 9.48 Å². The molecule has 20 heavy (non-hydrogen) atoms. The van der Waals surface area contributed by atoms with Crippen LogP contribution in [0, 0.1) is 6.92 Å². The molecule has 0 amide bonds. The van der Waals surface area contributed by atoms with Crippen molar-refractivity contribution in [2.45, 2.75) is 40.0 Å². The normalized spacial score (nSPS) is 10.8. The molecule has 0 aliphatic carbocycles. The smallest absolute Gasteiger partial charge is 0.356 e. The highest BCUT2D eigenvalue weighted by molar-refractivity contribution is 5.85. The van der Waals surface area contributed by atoms with Crippen molar-refractivity contribution in [1.82, 2.24) is 9.78 Å². The first-order chi connectivity index (χ1) is 9.58. The summed E-state index contributed by atoms with van der Waals surface area (Å²) in [5.41, 5.74) is 4.38. The van der Waals surface area contributed by atoms with E-state index in [0.29, 0.717) is 0 Å². The van der Waals surface area contributed by atoms with Crippen LogP contribution in [0.4, 0.5) is 0 Å². The van der Waals surface area contributed by atoms with Gasteiger partial charge in [0.1, 0.15) is 0 Å². The molecule has 1 aromatic heterocycles. The van der Waals surface area contributed by atoms with E-state index in [1.165, 1.54) is 5.56 Å². The molecule has 0 aliphatic heterocycles. The summed E-state index contributed by atoms with van der Waals surface area (Å²) in [4.78, 5) is 11.2. The first kappa shape index (κ1) is 14.3. The lowest BCUT2D eigenvalue weighted by molar-refractivity contribution is 0.0690. The number of para-hydroxylation sites is 1. The van der Waals surface area contributed by atoms with Crippen LogP contribution in [0.3, 0.4) is 0 Å². The van der Waals surface area contributed by atoms with Crippen LogP contribution in [0.1, 0.15) is 47.6 Å². The number of rotatable bonds is 5. The van der Waals surface area contributed by atoms with Gasteiger partial charge in [0.05, 0.1) is 5.69 Å². The summed E-state index contributed by atoms with van der Waals surface area (Å²) in [5.74, 6) is -0.979. The molecule has 0 aliphatic rings. The second-order valence-corrected chi connectivity index (χ2v) is 4.92. The molecule has 0 saturated carbocycles. The third-order valence-corrected chi connectivity index (χ3v) is 3.42. The first-order valence-corrected chi connectivity index (χ1v) is 6.99. The number of hydrogen-bond acceptors (Lipinski definition) is 2. The molecule has 106 valence electrons. The average molecular weight is 272 g/mol. The summed E-state index contributed by atoms with van der Waals surface area (Å²) in [7, 11) is 0. The Morgan fingerprint density at radius 1 is 1.35 bits per heavy atom. The Labute approximate surface area is 119 Å². The second kappa shape index (κ2) is 5.90. The number of hydrogen-bond donors (Lipinski definition) is 1. The highest BCUT2D eigenvalue weighted by Crippen LogP contribution is 2.22. The number of benzene rings is 1. The average Bonchev–Trinajstić information content (AvgIpc) is 2.83. The Hall–Kier alpha value is -2.10. The Morgan fingerprint density at radius 2 is 2.10 bits per heavy atom. The highest BCUT2D eigenvalue weighted by Gasteiger charge is 2.16. The van der Waals surface area contributed by atoms with Gasteiger partial charge in [-0.3, -0.25) is 0 Å². The molecule has 0 bridgehead atoms. The van der Waals surface area contributed by atoms with Crippen LogP contribution in [0.2, 0.25) is 0 Å². The van der Waals surface area contributed by atoms with E-state index >= 15 is 0 Å². The third kappa shape index (κ3) is 2.59. The van der Waals surface area contributed by atoms with Gasteiger partial charge in [0.15, 0.2) is 5.69 Å². The molecular formula is C16H20N2O2. The van der Waals surface area contributed by atoms with Gasteiger partial charge in [-0.2, -0.15) is 5.10 Å². The molecule has 4 nitrogen and oxygen atoms in total. The number of aromatic nitrogens is 2. The van der Waals surface area contributed by atoms with Crippen molar-refractivity contribution in [3.8, 4) is 5.69 Å². The zero-order chi connectivity index (χ0) is 14.7. The quantitative estimate of drug-likeness (QED) is 0.907. The molecule has 0 saturated heterocycles. The number of aromatic carboxylic acids is 1. The zero-order valence-electron chi connectivity index (χ0n) is 12.2. The molecule has 0 atom stereocenters. The van der Waals surface area contributed by atoms with E-state index in [0.717, 1.165) is 36.2 Å². The number of carboxylic acid groups (broad SMARTS) is 1. The molecule has 2 rings (SSSR count). The van der Waals surface area contributed by atoms with Gasteiger partial charge >= 0.3 is 5.97 Å². The van der Waals surface area contributed by atoms with E-state index in [-0.39, 0.29) is 5.69 Å². The minimum absolute atomic E-state index is 0.110.